The van der Waals surface area contributed by atoms with Crippen molar-refractivity contribution in [3.8, 4) is 33.8 Å². The first kappa shape index (κ1) is 30.7. The quantitative estimate of drug-likeness (QED) is 0.191. The van der Waals surface area contributed by atoms with Gasteiger partial charge in [0.25, 0.3) is 0 Å². The SMILES string of the molecule is CC(=O)OCc1ccc(COC(C)=O)c(-c2cc(OCCC(C)C)c(OCCC(C)C)cc2-c2ccccc2)c1. The molecule has 0 radical (unpaired) electrons. The Balaban J connectivity index is 2.20. The van der Waals surface area contributed by atoms with E-state index < -0.39 is 0 Å². The highest BCUT2D eigenvalue weighted by atomic mass is 16.5. The molecule has 0 aliphatic carbocycles. The largest absolute Gasteiger partial charge is 0.490 e. The van der Waals surface area contributed by atoms with E-state index >= 15 is 0 Å². The Labute approximate surface area is 238 Å². The normalized spacial score (nSPS) is 11.0. The summed E-state index contributed by atoms with van der Waals surface area (Å²) in [4.78, 5) is 23.2. The second-order valence-corrected chi connectivity index (χ2v) is 10.8. The van der Waals surface area contributed by atoms with Crippen molar-refractivity contribution in [3.05, 3.63) is 71.8 Å². The Morgan fingerprint density at radius 3 is 1.75 bits per heavy atom. The Bertz CT molecular complexity index is 1260. The van der Waals surface area contributed by atoms with E-state index in [9.17, 15) is 9.59 Å². The van der Waals surface area contributed by atoms with Gasteiger partial charge >= 0.3 is 11.9 Å². The number of esters is 2. The third-order valence-corrected chi connectivity index (χ3v) is 6.41. The third kappa shape index (κ3) is 9.44. The fraction of sp³-hybridized carbons (Fsp3) is 0.412. The van der Waals surface area contributed by atoms with Crippen LogP contribution in [0.1, 0.15) is 65.5 Å². The topological polar surface area (TPSA) is 71.1 Å². The van der Waals surface area contributed by atoms with E-state index in [0.717, 1.165) is 46.2 Å². The van der Waals surface area contributed by atoms with E-state index in [0.29, 0.717) is 36.5 Å². The van der Waals surface area contributed by atoms with Gasteiger partial charge in [-0.3, -0.25) is 9.59 Å². The predicted molar refractivity (Wildman–Crippen MR) is 158 cm³/mol. The molecule has 0 unspecified atom stereocenters. The average molecular weight is 547 g/mol. The van der Waals surface area contributed by atoms with Gasteiger partial charge in [-0.15, -0.1) is 0 Å². The van der Waals surface area contributed by atoms with Crippen molar-refractivity contribution in [2.45, 2.75) is 67.6 Å². The van der Waals surface area contributed by atoms with Crippen LogP contribution in [-0.4, -0.2) is 25.2 Å². The Hall–Kier alpha value is -3.80. The van der Waals surface area contributed by atoms with Crippen LogP contribution in [0.4, 0.5) is 0 Å². The molecule has 0 heterocycles. The van der Waals surface area contributed by atoms with E-state index in [-0.39, 0.29) is 25.2 Å². The van der Waals surface area contributed by atoms with Crippen LogP contribution in [0.5, 0.6) is 11.5 Å². The van der Waals surface area contributed by atoms with Crippen LogP contribution in [0.25, 0.3) is 22.3 Å². The first-order valence-corrected chi connectivity index (χ1v) is 14.0. The average Bonchev–Trinajstić information content (AvgIpc) is 2.91. The highest BCUT2D eigenvalue weighted by Crippen LogP contribution is 2.43. The molecule has 0 atom stereocenters. The molecule has 3 aromatic rings. The highest BCUT2D eigenvalue weighted by molar-refractivity contribution is 5.87. The lowest BCUT2D eigenvalue weighted by Crippen LogP contribution is -2.07. The summed E-state index contributed by atoms with van der Waals surface area (Å²) in [6, 6.07) is 20.0. The fourth-order valence-corrected chi connectivity index (χ4v) is 4.13. The maximum Gasteiger partial charge on any atom is 0.302 e. The monoisotopic (exact) mass is 546 g/mol. The van der Waals surface area contributed by atoms with E-state index in [2.05, 4.69) is 39.8 Å². The molecule has 0 N–H and O–H groups in total. The Morgan fingerprint density at radius 2 is 1.20 bits per heavy atom. The van der Waals surface area contributed by atoms with Crippen LogP contribution in [-0.2, 0) is 32.3 Å². The summed E-state index contributed by atoms with van der Waals surface area (Å²) in [6.07, 6.45) is 1.84. The molecule has 214 valence electrons. The summed E-state index contributed by atoms with van der Waals surface area (Å²) in [6.45, 7) is 12.9. The molecule has 6 nitrogen and oxygen atoms in total. The maximum absolute atomic E-state index is 11.7. The number of hydrogen-bond donors (Lipinski definition) is 0. The summed E-state index contributed by atoms with van der Waals surface area (Å²) >= 11 is 0. The molecule has 0 aliphatic rings. The molecule has 0 aliphatic heterocycles. The molecule has 0 saturated heterocycles. The van der Waals surface area contributed by atoms with Gasteiger partial charge in [-0.1, -0.05) is 70.2 Å². The first-order valence-electron chi connectivity index (χ1n) is 14.0. The summed E-state index contributed by atoms with van der Waals surface area (Å²) in [7, 11) is 0. The molecular weight excluding hydrogens is 504 g/mol. The van der Waals surface area contributed by atoms with Gasteiger partial charge in [0.15, 0.2) is 11.5 Å². The van der Waals surface area contributed by atoms with E-state index in [1.165, 1.54) is 13.8 Å². The Kier molecular flexibility index (Phi) is 11.6. The molecule has 0 bridgehead atoms. The van der Waals surface area contributed by atoms with Crippen LogP contribution < -0.4 is 9.47 Å². The molecule has 3 rings (SSSR count). The van der Waals surface area contributed by atoms with E-state index in [1.807, 2.05) is 48.5 Å². The van der Waals surface area contributed by atoms with Crippen LogP contribution in [0.2, 0.25) is 0 Å². The zero-order chi connectivity index (χ0) is 29.1. The molecule has 0 saturated carbocycles. The molecular formula is C34H42O6. The standard InChI is InChI=1S/C34H42O6/c1-23(2)14-16-37-33-19-31(28-10-8-7-9-11-28)32(20-34(33)38-17-15-24(3)4)30-18-27(21-39-25(5)35)12-13-29(30)22-40-26(6)36/h7-13,18-20,23-24H,14-17,21-22H2,1-6H3. The molecule has 0 aromatic heterocycles. The number of carbonyl (C=O) groups excluding carboxylic acids is 2. The molecule has 6 heteroatoms. The number of hydrogen-bond acceptors (Lipinski definition) is 6. The van der Waals surface area contributed by atoms with Gasteiger partial charge in [0.2, 0.25) is 0 Å². The molecule has 3 aromatic carbocycles. The minimum absolute atomic E-state index is 0.114. The number of ether oxygens (including phenoxy) is 4. The Morgan fingerprint density at radius 1 is 0.650 bits per heavy atom. The van der Waals surface area contributed by atoms with Crippen molar-refractivity contribution in [3.63, 3.8) is 0 Å². The zero-order valence-corrected chi connectivity index (χ0v) is 24.6. The number of benzene rings is 3. The maximum atomic E-state index is 11.7. The summed E-state index contributed by atoms with van der Waals surface area (Å²) in [5, 5.41) is 0. The number of carbonyl (C=O) groups is 2. The molecule has 0 spiro atoms. The predicted octanol–water partition coefficient (Wildman–Crippen LogP) is 8.00. The van der Waals surface area contributed by atoms with Crippen molar-refractivity contribution in [2.75, 3.05) is 13.2 Å². The fourth-order valence-electron chi connectivity index (χ4n) is 4.13. The van der Waals surface area contributed by atoms with Crippen molar-refractivity contribution in [1.29, 1.82) is 0 Å². The van der Waals surface area contributed by atoms with Crippen LogP contribution in [0.15, 0.2) is 60.7 Å². The van der Waals surface area contributed by atoms with Crippen molar-refractivity contribution in [1.82, 2.24) is 0 Å². The lowest BCUT2D eigenvalue weighted by atomic mass is 9.90. The second kappa shape index (κ2) is 15.1. The first-order chi connectivity index (χ1) is 19.1. The van der Waals surface area contributed by atoms with Crippen LogP contribution in [0.3, 0.4) is 0 Å². The van der Waals surface area contributed by atoms with E-state index in [4.69, 9.17) is 18.9 Å². The van der Waals surface area contributed by atoms with Gasteiger partial charge < -0.3 is 18.9 Å². The van der Waals surface area contributed by atoms with Gasteiger partial charge in [-0.05, 0) is 76.3 Å². The molecule has 40 heavy (non-hydrogen) atoms. The van der Waals surface area contributed by atoms with Gasteiger partial charge in [0.05, 0.1) is 13.2 Å². The number of rotatable bonds is 14. The third-order valence-electron chi connectivity index (χ3n) is 6.41. The zero-order valence-electron chi connectivity index (χ0n) is 24.6. The molecule has 0 amide bonds. The van der Waals surface area contributed by atoms with Gasteiger partial charge in [0, 0.05) is 13.8 Å². The van der Waals surface area contributed by atoms with Crippen LogP contribution in [0, 0.1) is 11.8 Å². The summed E-state index contributed by atoms with van der Waals surface area (Å²) in [5.74, 6) is 1.68. The lowest BCUT2D eigenvalue weighted by molar-refractivity contribution is -0.143. The lowest BCUT2D eigenvalue weighted by Gasteiger charge is -2.21. The minimum atomic E-state index is -0.357. The molecule has 0 fully saturated rings. The summed E-state index contributed by atoms with van der Waals surface area (Å²) < 4.78 is 23.3. The smallest absolute Gasteiger partial charge is 0.302 e. The van der Waals surface area contributed by atoms with E-state index in [1.54, 1.807) is 0 Å². The highest BCUT2D eigenvalue weighted by Gasteiger charge is 2.19. The van der Waals surface area contributed by atoms with Crippen molar-refractivity contribution >= 4 is 11.9 Å². The van der Waals surface area contributed by atoms with Crippen molar-refractivity contribution in [2.24, 2.45) is 11.8 Å². The van der Waals surface area contributed by atoms with Gasteiger partial charge in [0.1, 0.15) is 13.2 Å². The summed E-state index contributed by atoms with van der Waals surface area (Å²) in [5.41, 5.74) is 5.42. The van der Waals surface area contributed by atoms with Gasteiger partial charge in [-0.25, -0.2) is 0 Å². The van der Waals surface area contributed by atoms with Crippen LogP contribution >= 0.6 is 0 Å². The van der Waals surface area contributed by atoms with Gasteiger partial charge in [-0.2, -0.15) is 0 Å². The van der Waals surface area contributed by atoms with Crippen molar-refractivity contribution < 1.29 is 28.5 Å². The second-order valence-electron chi connectivity index (χ2n) is 10.8. The minimum Gasteiger partial charge on any atom is -0.490 e.